The lowest BCUT2D eigenvalue weighted by atomic mass is 9.84. The van der Waals surface area contributed by atoms with E-state index in [0.717, 1.165) is 49.4 Å². The van der Waals surface area contributed by atoms with Gasteiger partial charge in [-0.15, -0.1) is 0 Å². The summed E-state index contributed by atoms with van der Waals surface area (Å²) < 4.78 is 0. The van der Waals surface area contributed by atoms with E-state index in [1.54, 1.807) is 25.3 Å². The van der Waals surface area contributed by atoms with Gasteiger partial charge < -0.3 is 0 Å². The molecule has 2 N–H and O–H groups in total. The molecule has 0 bridgehead atoms. The summed E-state index contributed by atoms with van der Waals surface area (Å²) in [7, 11) is 1.77. The third kappa shape index (κ3) is 4.09. The molecule has 0 unspecified atom stereocenters. The number of hydrogen-bond acceptors (Lipinski definition) is 3. The number of hydrogen-bond donors (Lipinski definition) is 2. The van der Waals surface area contributed by atoms with Crippen LogP contribution < -0.4 is 0 Å². The van der Waals surface area contributed by atoms with E-state index in [9.17, 15) is 0 Å². The molecule has 0 saturated carbocycles. The standard InChI is InChI=1S/C30H25N3/c1-4-10-20(5-2)17-22(19-33-3)30-25-13-8-6-11-23(25)29(24-12-7-9-14-26(24)30)21-15-16-27(31)28(32)18-21/h4-19,31-32H,1-2H2,3H3/b20-10+,22-17+,31-27?,32-28?,33-19?. The van der Waals surface area contributed by atoms with Gasteiger partial charge in [-0.3, -0.25) is 15.8 Å². The van der Waals surface area contributed by atoms with Gasteiger partial charge in [0.25, 0.3) is 0 Å². The van der Waals surface area contributed by atoms with E-state index >= 15 is 0 Å². The fourth-order valence-electron chi connectivity index (χ4n) is 4.25. The maximum atomic E-state index is 8.19. The number of nitrogens with one attached hydrogen (secondary N) is 2. The van der Waals surface area contributed by atoms with Crippen molar-refractivity contribution in [3.63, 3.8) is 0 Å². The second kappa shape index (κ2) is 9.41. The first-order valence-corrected chi connectivity index (χ1v) is 10.7. The summed E-state index contributed by atoms with van der Waals surface area (Å²) in [4.78, 5) is 4.35. The molecular weight excluding hydrogens is 402 g/mol. The van der Waals surface area contributed by atoms with E-state index in [0.29, 0.717) is 0 Å². The SMILES string of the molecule is C=C/C=C(C=C)/C=C(\C=NC)c1c2ccccc2c(C2=CC(=N)C(=N)C=C2)c2ccccc12. The molecule has 3 nitrogen and oxygen atoms in total. The molecule has 0 fully saturated rings. The zero-order chi connectivity index (χ0) is 23.4. The predicted octanol–water partition coefficient (Wildman–Crippen LogP) is 7.37. The first-order chi connectivity index (χ1) is 16.1. The Morgan fingerprint density at radius 1 is 0.848 bits per heavy atom. The number of aliphatic imine (C=N–C) groups is 1. The van der Waals surface area contributed by atoms with Crippen LogP contribution in [-0.2, 0) is 0 Å². The van der Waals surface area contributed by atoms with Crippen LogP contribution in [0.5, 0.6) is 0 Å². The van der Waals surface area contributed by atoms with Crippen LogP contribution >= 0.6 is 0 Å². The van der Waals surface area contributed by atoms with Crippen LogP contribution in [0.3, 0.4) is 0 Å². The topological polar surface area (TPSA) is 60.1 Å². The maximum absolute atomic E-state index is 8.19. The Morgan fingerprint density at radius 3 is 1.97 bits per heavy atom. The molecule has 0 saturated heterocycles. The van der Waals surface area contributed by atoms with E-state index < -0.39 is 0 Å². The predicted molar refractivity (Wildman–Crippen MR) is 145 cm³/mol. The Hall–Kier alpha value is -4.37. The zero-order valence-electron chi connectivity index (χ0n) is 18.6. The normalized spacial score (nSPS) is 14.9. The van der Waals surface area contributed by atoms with Crippen molar-refractivity contribution in [1.29, 1.82) is 10.8 Å². The first-order valence-electron chi connectivity index (χ1n) is 10.7. The van der Waals surface area contributed by atoms with Gasteiger partial charge in [-0.05, 0) is 62.0 Å². The molecule has 0 aliphatic heterocycles. The fraction of sp³-hybridized carbons (Fsp3) is 0.0333. The maximum Gasteiger partial charge on any atom is 0.0795 e. The van der Waals surface area contributed by atoms with Crippen molar-refractivity contribution in [2.24, 2.45) is 4.99 Å². The van der Waals surface area contributed by atoms with E-state index in [4.69, 9.17) is 10.8 Å². The van der Waals surface area contributed by atoms with Crippen LogP contribution in [0, 0.1) is 10.8 Å². The number of rotatable bonds is 6. The van der Waals surface area contributed by atoms with Crippen molar-refractivity contribution in [2.45, 2.75) is 0 Å². The van der Waals surface area contributed by atoms with Gasteiger partial charge in [-0.25, -0.2) is 0 Å². The number of fused-ring (bicyclic) bond motifs is 2. The average Bonchev–Trinajstić information content (AvgIpc) is 2.83. The summed E-state index contributed by atoms with van der Waals surface area (Å²) in [5, 5.41) is 20.5. The smallest absolute Gasteiger partial charge is 0.0795 e. The minimum absolute atomic E-state index is 0.216. The van der Waals surface area contributed by atoms with Crippen molar-refractivity contribution in [2.75, 3.05) is 7.05 Å². The van der Waals surface area contributed by atoms with Crippen LogP contribution in [-0.4, -0.2) is 24.7 Å². The largest absolute Gasteiger partial charge is 0.299 e. The number of nitrogens with zero attached hydrogens (tertiary/aromatic N) is 1. The molecule has 0 spiro atoms. The van der Waals surface area contributed by atoms with Gasteiger partial charge in [0.1, 0.15) is 0 Å². The van der Waals surface area contributed by atoms with Crippen molar-refractivity contribution in [3.8, 4) is 0 Å². The molecule has 3 heteroatoms. The van der Waals surface area contributed by atoms with Crippen LogP contribution in [0.25, 0.3) is 32.7 Å². The van der Waals surface area contributed by atoms with Gasteiger partial charge >= 0.3 is 0 Å². The molecule has 33 heavy (non-hydrogen) atoms. The monoisotopic (exact) mass is 427 g/mol. The summed E-state index contributed by atoms with van der Waals surface area (Å²) in [6.07, 6.45) is 14.8. The molecule has 3 aromatic rings. The van der Waals surface area contributed by atoms with E-state index in [2.05, 4.69) is 48.5 Å². The van der Waals surface area contributed by atoms with Crippen LogP contribution in [0.2, 0.25) is 0 Å². The number of benzene rings is 3. The molecular formula is C30H25N3. The molecule has 0 heterocycles. The van der Waals surface area contributed by atoms with Crippen LogP contribution in [0.15, 0.2) is 115 Å². The Bertz CT molecular complexity index is 1420. The van der Waals surface area contributed by atoms with Gasteiger partial charge in [0.05, 0.1) is 11.4 Å². The highest BCUT2D eigenvalue weighted by atomic mass is 14.6. The Kier molecular flexibility index (Phi) is 6.23. The van der Waals surface area contributed by atoms with Crippen molar-refractivity contribution < 1.29 is 0 Å². The molecule has 3 aromatic carbocycles. The molecule has 0 atom stereocenters. The van der Waals surface area contributed by atoms with Gasteiger partial charge in [-0.2, -0.15) is 0 Å². The average molecular weight is 428 g/mol. The van der Waals surface area contributed by atoms with Crippen molar-refractivity contribution in [3.05, 3.63) is 121 Å². The van der Waals surface area contributed by atoms with E-state index in [1.807, 2.05) is 48.7 Å². The summed E-state index contributed by atoms with van der Waals surface area (Å²) in [6, 6.07) is 16.7. The minimum atomic E-state index is 0.216. The number of allylic oxidation sites excluding steroid dienone is 10. The molecule has 1 aliphatic rings. The summed E-state index contributed by atoms with van der Waals surface area (Å²) in [5.41, 5.74) is 5.46. The second-order valence-electron chi connectivity index (χ2n) is 7.70. The van der Waals surface area contributed by atoms with E-state index in [-0.39, 0.29) is 11.4 Å². The minimum Gasteiger partial charge on any atom is -0.299 e. The molecule has 0 aromatic heterocycles. The Labute approximate surface area is 194 Å². The molecule has 0 radical (unpaired) electrons. The lowest BCUT2D eigenvalue weighted by Gasteiger charge is -2.19. The molecule has 0 amide bonds. The highest BCUT2D eigenvalue weighted by Crippen LogP contribution is 2.40. The lowest BCUT2D eigenvalue weighted by molar-refractivity contribution is 1.47. The lowest BCUT2D eigenvalue weighted by Crippen LogP contribution is -2.10. The van der Waals surface area contributed by atoms with Crippen molar-refractivity contribution >= 4 is 50.3 Å². The van der Waals surface area contributed by atoms with E-state index in [1.165, 1.54) is 0 Å². The quantitative estimate of drug-likeness (QED) is 0.179. The highest BCUT2D eigenvalue weighted by molar-refractivity contribution is 6.50. The third-order valence-corrected chi connectivity index (χ3v) is 5.66. The molecule has 160 valence electrons. The first kappa shape index (κ1) is 21.8. The summed E-state index contributed by atoms with van der Waals surface area (Å²) in [5.74, 6) is 0. The third-order valence-electron chi connectivity index (χ3n) is 5.66. The summed E-state index contributed by atoms with van der Waals surface area (Å²) >= 11 is 0. The van der Waals surface area contributed by atoms with Gasteiger partial charge in [0.2, 0.25) is 0 Å². The summed E-state index contributed by atoms with van der Waals surface area (Å²) in [6.45, 7) is 7.76. The molecule has 1 aliphatic carbocycles. The second-order valence-corrected chi connectivity index (χ2v) is 7.70. The Morgan fingerprint density at radius 2 is 1.45 bits per heavy atom. The zero-order valence-corrected chi connectivity index (χ0v) is 18.6. The van der Waals surface area contributed by atoms with Gasteiger partial charge in [-0.1, -0.05) is 86.0 Å². The fourth-order valence-corrected chi connectivity index (χ4v) is 4.25. The van der Waals surface area contributed by atoms with Gasteiger partial charge in [0, 0.05) is 18.8 Å². The van der Waals surface area contributed by atoms with Crippen LogP contribution in [0.1, 0.15) is 11.1 Å². The van der Waals surface area contributed by atoms with Crippen LogP contribution in [0.4, 0.5) is 0 Å². The Balaban J connectivity index is 2.16. The van der Waals surface area contributed by atoms with Gasteiger partial charge in [0.15, 0.2) is 0 Å². The van der Waals surface area contributed by atoms with Crippen molar-refractivity contribution in [1.82, 2.24) is 0 Å². The highest BCUT2D eigenvalue weighted by Gasteiger charge is 2.19. The molecule has 4 rings (SSSR count).